The highest BCUT2D eigenvalue weighted by atomic mass is 32.2. The second-order valence-corrected chi connectivity index (χ2v) is 6.50. The number of hydrogen-bond acceptors (Lipinski definition) is 5. The smallest absolute Gasteiger partial charge is 0.103 e. The minimum absolute atomic E-state index is 0.248. The number of aromatic nitrogens is 1. The summed E-state index contributed by atoms with van der Waals surface area (Å²) >= 11 is 3.69. The molecule has 2 heterocycles. The Hall–Kier alpha value is -0.100. The van der Waals surface area contributed by atoms with E-state index in [1.807, 2.05) is 11.8 Å². The molecule has 1 aromatic heterocycles. The van der Waals surface area contributed by atoms with Crippen LogP contribution in [-0.4, -0.2) is 24.0 Å². The predicted octanol–water partition coefficient (Wildman–Crippen LogP) is 2.75. The molecule has 0 saturated carbocycles. The van der Waals surface area contributed by atoms with Gasteiger partial charge in [-0.25, -0.2) is 4.98 Å². The first kappa shape index (κ1) is 13.3. The van der Waals surface area contributed by atoms with Gasteiger partial charge in [0.1, 0.15) is 5.01 Å². The van der Waals surface area contributed by atoms with Crippen LogP contribution in [0.15, 0.2) is 5.38 Å². The molecule has 2 N–H and O–H groups in total. The fourth-order valence-corrected chi connectivity index (χ4v) is 3.78. The maximum absolute atomic E-state index is 6.41. The molecule has 3 nitrogen and oxygen atoms in total. The molecule has 0 radical (unpaired) electrons. The van der Waals surface area contributed by atoms with Crippen molar-refractivity contribution in [3.63, 3.8) is 0 Å². The van der Waals surface area contributed by atoms with Crippen LogP contribution in [-0.2, 0) is 16.0 Å². The topological polar surface area (TPSA) is 48.1 Å². The van der Waals surface area contributed by atoms with Crippen molar-refractivity contribution >= 4 is 23.1 Å². The molecule has 0 atom stereocenters. The van der Waals surface area contributed by atoms with Crippen molar-refractivity contribution in [2.24, 2.45) is 5.73 Å². The molecule has 1 fully saturated rings. The molecule has 0 aliphatic carbocycles. The molecule has 17 heavy (non-hydrogen) atoms. The van der Waals surface area contributed by atoms with E-state index in [-0.39, 0.29) is 5.54 Å². The highest BCUT2D eigenvalue weighted by Gasteiger charge is 2.32. The van der Waals surface area contributed by atoms with Crippen LogP contribution in [0.2, 0.25) is 0 Å². The second-order valence-electron chi connectivity index (χ2n) is 4.45. The SMILES string of the molecule is CCCSCc1nc(C2(N)CCOCC2)cs1. The minimum atomic E-state index is -0.248. The number of nitrogens with zero attached hydrogens (tertiary/aromatic N) is 1. The third-order valence-corrected chi connectivity index (χ3v) is 5.23. The van der Waals surface area contributed by atoms with Crippen LogP contribution in [0.1, 0.15) is 36.9 Å². The summed E-state index contributed by atoms with van der Waals surface area (Å²) in [6.45, 7) is 3.72. The summed E-state index contributed by atoms with van der Waals surface area (Å²) in [5.41, 5.74) is 7.23. The standard InChI is InChI=1S/C12H20N2OS2/c1-2-7-16-9-11-14-10(8-17-11)12(13)3-5-15-6-4-12/h8H,2-7,9,13H2,1H3. The van der Waals surface area contributed by atoms with Crippen molar-refractivity contribution in [1.29, 1.82) is 0 Å². The van der Waals surface area contributed by atoms with Crippen LogP contribution in [0, 0.1) is 0 Å². The summed E-state index contributed by atoms with van der Waals surface area (Å²) in [5.74, 6) is 2.22. The molecule has 0 amide bonds. The largest absolute Gasteiger partial charge is 0.381 e. The van der Waals surface area contributed by atoms with Crippen molar-refractivity contribution in [3.8, 4) is 0 Å². The second kappa shape index (κ2) is 6.18. The van der Waals surface area contributed by atoms with Crippen molar-refractivity contribution < 1.29 is 4.74 Å². The number of nitrogens with two attached hydrogens (primary N) is 1. The van der Waals surface area contributed by atoms with Crippen LogP contribution < -0.4 is 5.73 Å². The third kappa shape index (κ3) is 3.44. The van der Waals surface area contributed by atoms with Gasteiger partial charge >= 0.3 is 0 Å². The van der Waals surface area contributed by atoms with E-state index in [1.165, 1.54) is 17.2 Å². The van der Waals surface area contributed by atoms with E-state index in [1.54, 1.807) is 11.3 Å². The molecule has 0 spiro atoms. The third-order valence-electron chi connectivity index (χ3n) is 3.02. The molecule has 0 unspecified atom stereocenters. The highest BCUT2D eigenvalue weighted by molar-refractivity contribution is 7.98. The van der Waals surface area contributed by atoms with Crippen LogP contribution >= 0.6 is 23.1 Å². The van der Waals surface area contributed by atoms with Crippen LogP contribution in [0.3, 0.4) is 0 Å². The summed E-state index contributed by atoms with van der Waals surface area (Å²) in [4.78, 5) is 4.69. The summed E-state index contributed by atoms with van der Waals surface area (Å²) in [6, 6.07) is 0. The zero-order valence-corrected chi connectivity index (χ0v) is 11.9. The summed E-state index contributed by atoms with van der Waals surface area (Å²) in [7, 11) is 0. The highest BCUT2D eigenvalue weighted by Crippen LogP contribution is 2.31. The normalized spacial score (nSPS) is 19.4. The van der Waals surface area contributed by atoms with E-state index >= 15 is 0 Å². The lowest BCUT2D eigenvalue weighted by Gasteiger charge is -2.31. The number of ether oxygens (including phenoxy) is 1. The Kier molecular flexibility index (Phi) is 4.85. The zero-order valence-electron chi connectivity index (χ0n) is 10.3. The average Bonchev–Trinajstić information content (AvgIpc) is 2.80. The number of rotatable bonds is 5. The van der Waals surface area contributed by atoms with Gasteiger partial charge in [0.05, 0.1) is 11.2 Å². The minimum Gasteiger partial charge on any atom is -0.381 e. The van der Waals surface area contributed by atoms with Crippen LogP contribution in [0.4, 0.5) is 0 Å². The van der Waals surface area contributed by atoms with Gasteiger partial charge in [-0.15, -0.1) is 11.3 Å². The lowest BCUT2D eigenvalue weighted by atomic mass is 9.88. The van der Waals surface area contributed by atoms with Crippen molar-refractivity contribution in [2.45, 2.75) is 37.5 Å². The van der Waals surface area contributed by atoms with E-state index in [0.29, 0.717) is 0 Å². The van der Waals surface area contributed by atoms with E-state index in [9.17, 15) is 0 Å². The quantitative estimate of drug-likeness (QED) is 0.837. The number of thiazole rings is 1. The molecule has 1 saturated heterocycles. The monoisotopic (exact) mass is 272 g/mol. The Morgan fingerprint density at radius 2 is 2.29 bits per heavy atom. The molecule has 0 aromatic carbocycles. The lowest BCUT2D eigenvalue weighted by Crippen LogP contribution is -2.42. The lowest BCUT2D eigenvalue weighted by molar-refractivity contribution is 0.0509. The Morgan fingerprint density at radius 1 is 1.53 bits per heavy atom. The fraction of sp³-hybridized carbons (Fsp3) is 0.750. The summed E-state index contributed by atoms with van der Waals surface area (Å²) < 4.78 is 5.36. The Morgan fingerprint density at radius 3 is 3.00 bits per heavy atom. The fourth-order valence-electron chi connectivity index (χ4n) is 1.90. The van der Waals surface area contributed by atoms with Gasteiger partial charge in [0, 0.05) is 24.3 Å². The predicted molar refractivity (Wildman–Crippen MR) is 74.5 cm³/mol. The Labute approximate surface area is 111 Å². The molecular formula is C12H20N2OS2. The van der Waals surface area contributed by atoms with Gasteiger partial charge in [0.25, 0.3) is 0 Å². The molecule has 1 aromatic rings. The van der Waals surface area contributed by atoms with Gasteiger partial charge in [-0.1, -0.05) is 6.92 Å². The van der Waals surface area contributed by atoms with Gasteiger partial charge in [-0.2, -0.15) is 11.8 Å². The zero-order chi connectivity index (χ0) is 12.1. The van der Waals surface area contributed by atoms with Crippen molar-refractivity contribution in [1.82, 2.24) is 4.98 Å². The van der Waals surface area contributed by atoms with E-state index in [2.05, 4.69) is 12.3 Å². The van der Waals surface area contributed by atoms with Gasteiger partial charge in [0.15, 0.2) is 0 Å². The molecule has 1 aliphatic heterocycles. The van der Waals surface area contributed by atoms with Crippen LogP contribution in [0.5, 0.6) is 0 Å². The van der Waals surface area contributed by atoms with Crippen molar-refractivity contribution in [2.75, 3.05) is 19.0 Å². The molecule has 1 aliphatic rings. The van der Waals surface area contributed by atoms with E-state index in [4.69, 9.17) is 15.5 Å². The van der Waals surface area contributed by atoms with Gasteiger partial charge < -0.3 is 10.5 Å². The van der Waals surface area contributed by atoms with E-state index in [0.717, 1.165) is 37.5 Å². The molecule has 96 valence electrons. The summed E-state index contributed by atoms with van der Waals surface area (Å²) in [6.07, 6.45) is 3.00. The molecular weight excluding hydrogens is 252 g/mol. The van der Waals surface area contributed by atoms with Gasteiger partial charge in [-0.05, 0) is 25.0 Å². The maximum Gasteiger partial charge on any atom is 0.103 e. The molecule has 0 bridgehead atoms. The average molecular weight is 272 g/mol. The Bertz CT molecular complexity index is 348. The first-order valence-corrected chi connectivity index (χ1v) is 8.17. The summed E-state index contributed by atoms with van der Waals surface area (Å²) in [5, 5.41) is 3.34. The number of hydrogen-bond donors (Lipinski definition) is 1. The van der Waals surface area contributed by atoms with Gasteiger partial charge in [-0.3, -0.25) is 0 Å². The van der Waals surface area contributed by atoms with Gasteiger partial charge in [0.2, 0.25) is 0 Å². The van der Waals surface area contributed by atoms with Crippen molar-refractivity contribution in [3.05, 3.63) is 16.1 Å². The molecule has 2 rings (SSSR count). The maximum atomic E-state index is 6.41. The van der Waals surface area contributed by atoms with Crippen LogP contribution in [0.25, 0.3) is 0 Å². The first-order chi connectivity index (χ1) is 8.24. The number of thioether (sulfide) groups is 1. The Balaban J connectivity index is 1.96. The molecule has 5 heteroatoms. The first-order valence-electron chi connectivity index (χ1n) is 6.14. The van der Waals surface area contributed by atoms with E-state index < -0.39 is 0 Å².